The van der Waals surface area contributed by atoms with Crippen LogP contribution in [-0.4, -0.2) is 23.8 Å². The van der Waals surface area contributed by atoms with Gasteiger partial charge in [0.25, 0.3) is 0 Å². The zero-order valence-corrected chi connectivity index (χ0v) is 12.2. The van der Waals surface area contributed by atoms with E-state index in [2.05, 4.69) is 19.2 Å². The highest BCUT2D eigenvalue weighted by Crippen LogP contribution is 2.09. The molecule has 0 fully saturated rings. The van der Waals surface area contributed by atoms with Gasteiger partial charge in [-0.1, -0.05) is 39.5 Å². The fourth-order valence-electron chi connectivity index (χ4n) is 2.21. The van der Waals surface area contributed by atoms with Crippen molar-refractivity contribution in [2.24, 2.45) is 0 Å². The van der Waals surface area contributed by atoms with Crippen molar-refractivity contribution >= 4 is 0 Å². The van der Waals surface area contributed by atoms with Crippen LogP contribution in [0.4, 0.5) is 0 Å². The average Bonchev–Trinajstić information content (AvgIpc) is 2.28. The van der Waals surface area contributed by atoms with Crippen molar-refractivity contribution in [1.82, 2.24) is 5.32 Å². The van der Waals surface area contributed by atoms with Gasteiger partial charge in [0, 0.05) is 6.04 Å². The maximum atomic E-state index is 9.25. The molecular formula is C15H33NO. The maximum absolute atomic E-state index is 9.25. The zero-order chi connectivity index (χ0) is 12.9. The molecule has 0 aliphatic carbocycles. The van der Waals surface area contributed by atoms with Gasteiger partial charge in [0.15, 0.2) is 0 Å². The Labute approximate surface area is 108 Å². The number of aliphatic hydroxyl groups excluding tert-OH is 1. The first-order chi connectivity index (χ1) is 8.20. The first kappa shape index (κ1) is 16.9. The predicted octanol–water partition coefficient (Wildman–Crippen LogP) is 3.88. The molecule has 17 heavy (non-hydrogen) atoms. The van der Waals surface area contributed by atoms with Crippen molar-refractivity contribution in [2.45, 2.75) is 90.7 Å². The van der Waals surface area contributed by atoms with E-state index < -0.39 is 0 Å². The van der Waals surface area contributed by atoms with E-state index in [4.69, 9.17) is 0 Å². The molecule has 2 nitrogen and oxygen atoms in total. The number of rotatable bonds is 12. The molecule has 0 aliphatic heterocycles. The van der Waals surface area contributed by atoms with Crippen LogP contribution in [0, 0.1) is 0 Å². The second-order valence-electron chi connectivity index (χ2n) is 5.28. The van der Waals surface area contributed by atoms with Gasteiger partial charge in [-0.3, -0.25) is 0 Å². The molecule has 0 rings (SSSR count). The van der Waals surface area contributed by atoms with Crippen LogP contribution in [0.25, 0.3) is 0 Å². The van der Waals surface area contributed by atoms with Crippen LogP contribution in [0.3, 0.4) is 0 Å². The Hall–Kier alpha value is -0.0800. The van der Waals surface area contributed by atoms with Crippen LogP contribution < -0.4 is 5.32 Å². The van der Waals surface area contributed by atoms with Gasteiger partial charge in [-0.15, -0.1) is 0 Å². The van der Waals surface area contributed by atoms with Crippen LogP contribution in [0.5, 0.6) is 0 Å². The van der Waals surface area contributed by atoms with E-state index in [1.807, 2.05) is 6.92 Å². The quantitative estimate of drug-likeness (QED) is 0.510. The van der Waals surface area contributed by atoms with Crippen molar-refractivity contribution in [2.75, 3.05) is 6.54 Å². The van der Waals surface area contributed by atoms with Gasteiger partial charge < -0.3 is 10.4 Å². The second-order valence-corrected chi connectivity index (χ2v) is 5.28. The molecular weight excluding hydrogens is 210 g/mol. The maximum Gasteiger partial charge on any atom is 0.0512 e. The molecule has 0 aromatic carbocycles. The lowest BCUT2D eigenvalue weighted by atomic mass is 10.0. The van der Waals surface area contributed by atoms with Crippen molar-refractivity contribution in [1.29, 1.82) is 0 Å². The topological polar surface area (TPSA) is 32.3 Å². The first-order valence-corrected chi connectivity index (χ1v) is 7.62. The largest absolute Gasteiger partial charge is 0.393 e. The minimum absolute atomic E-state index is 0.137. The molecule has 0 amide bonds. The Kier molecular flexibility index (Phi) is 12.3. The highest BCUT2D eigenvalue weighted by atomic mass is 16.3. The molecule has 0 bridgehead atoms. The van der Waals surface area contributed by atoms with E-state index in [0.29, 0.717) is 6.04 Å². The monoisotopic (exact) mass is 243 g/mol. The van der Waals surface area contributed by atoms with Crippen molar-refractivity contribution < 1.29 is 5.11 Å². The summed E-state index contributed by atoms with van der Waals surface area (Å²) in [6.07, 6.45) is 11.0. The highest BCUT2D eigenvalue weighted by molar-refractivity contribution is 4.67. The number of unbranched alkanes of at least 4 members (excludes halogenated alkanes) is 3. The Bertz CT molecular complexity index is 148. The van der Waals surface area contributed by atoms with E-state index in [-0.39, 0.29) is 6.10 Å². The minimum atomic E-state index is -0.137. The van der Waals surface area contributed by atoms with Crippen molar-refractivity contribution in [3.05, 3.63) is 0 Å². The van der Waals surface area contributed by atoms with Gasteiger partial charge in [-0.2, -0.15) is 0 Å². The summed E-state index contributed by atoms with van der Waals surface area (Å²) in [5.41, 5.74) is 0. The van der Waals surface area contributed by atoms with Crippen LogP contribution >= 0.6 is 0 Å². The van der Waals surface area contributed by atoms with E-state index in [0.717, 1.165) is 12.8 Å². The molecule has 0 spiro atoms. The van der Waals surface area contributed by atoms with Crippen LogP contribution in [0.1, 0.15) is 78.6 Å². The minimum Gasteiger partial charge on any atom is -0.393 e. The molecule has 2 heteroatoms. The summed E-state index contributed by atoms with van der Waals surface area (Å²) < 4.78 is 0. The molecule has 0 saturated carbocycles. The third-order valence-electron chi connectivity index (χ3n) is 3.27. The summed E-state index contributed by atoms with van der Waals surface area (Å²) in [7, 11) is 0. The summed E-state index contributed by atoms with van der Waals surface area (Å²) in [4.78, 5) is 0. The second kappa shape index (κ2) is 12.4. The summed E-state index contributed by atoms with van der Waals surface area (Å²) in [6, 6.07) is 0.667. The highest BCUT2D eigenvalue weighted by Gasteiger charge is 2.07. The van der Waals surface area contributed by atoms with Crippen LogP contribution in [0.2, 0.25) is 0 Å². The smallest absolute Gasteiger partial charge is 0.0512 e. The Morgan fingerprint density at radius 1 is 0.882 bits per heavy atom. The molecule has 0 saturated heterocycles. The number of hydrogen-bond donors (Lipinski definition) is 2. The molecule has 0 aromatic heterocycles. The molecule has 2 N–H and O–H groups in total. The van der Waals surface area contributed by atoms with Crippen LogP contribution in [0.15, 0.2) is 0 Å². The first-order valence-electron chi connectivity index (χ1n) is 7.62. The number of hydrogen-bond acceptors (Lipinski definition) is 2. The summed E-state index contributed by atoms with van der Waals surface area (Å²) in [5, 5.41) is 12.9. The fourth-order valence-corrected chi connectivity index (χ4v) is 2.21. The molecule has 0 heterocycles. The Morgan fingerprint density at radius 3 is 2.24 bits per heavy atom. The summed E-state index contributed by atoms with van der Waals surface area (Å²) in [5.74, 6) is 0. The number of aliphatic hydroxyl groups is 1. The SMILES string of the molecule is CCCCCCNC(CCC)CCCC(C)O. The normalized spacial score (nSPS) is 14.8. The Balaban J connectivity index is 3.52. The fraction of sp³-hybridized carbons (Fsp3) is 1.00. The molecule has 0 aliphatic rings. The summed E-state index contributed by atoms with van der Waals surface area (Å²) in [6.45, 7) is 7.55. The lowest BCUT2D eigenvalue weighted by Gasteiger charge is -2.18. The molecule has 2 unspecified atom stereocenters. The molecule has 0 radical (unpaired) electrons. The zero-order valence-electron chi connectivity index (χ0n) is 12.2. The average molecular weight is 243 g/mol. The molecule has 104 valence electrons. The van der Waals surface area contributed by atoms with E-state index >= 15 is 0 Å². The number of nitrogens with one attached hydrogen (secondary N) is 1. The van der Waals surface area contributed by atoms with Gasteiger partial charge in [0.05, 0.1) is 6.10 Å². The van der Waals surface area contributed by atoms with E-state index in [1.165, 1.54) is 51.5 Å². The van der Waals surface area contributed by atoms with Crippen molar-refractivity contribution in [3.8, 4) is 0 Å². The third kappa shape index (κ3) is 12.2. The van der Waals surface area contributed by atoms with Gasteiger partial charge in [0.2, 0.25) is 0 Å². The van der Waals surface area contributed by atoms with E-state index in [1.54, 1.807) is 0 Å². The van der Waals surface area contributed by atoms with Gasteiger partial charge in [-0.05, 0) is 45.6 Å². The Morgan fingerprint density at radius 2 is 1.65 bits per heavy atom. The lowest BCUT2D eigenvalue weighted by molar-refractivity contribution is 0.178. The van der Waals surface area contributed by atoms with Gasteiger partial charge >= 0.3 is 0 Å². The van der Waals surface area contributed by atoms with E-state index in [9.17, 15) is 5.11 Å². The van der Waals surface area contributed by atoms with Crippen LogP contribution in [-0.2, 0) is 0 Å². The van der Waals surface area contributed by atoms with Gasteiger partial charge in [-0.25, -0.2) is 0 Å². The third-order valence-corrected chi connectivity index (χ3v) is 3.27. The molecule has 0 aromatic rings. The van der Waals surface area contributed by atoms with Crippen molar-refractivity contribution in [3.63, 3.8) is 0 Å². The lowest BCUT2D eigenvalue weighted by Crippen LogP contribution is -2.30. The molecule has 2 atom stereocenters. The predicted molar refractivity (Wildman–Crippen MR) is 76.4 cm³/mol. The van der Waals surface area contributed by atoms with Gasteiger partial charge in [0.1, 0.15) is 0 Å². The standard InChI is InChI=1S/C15H33NO/c1-4-6-7-8-13-16-15(10-5-2)12-9-11-14(3)17/h14-17H,4-13H2,1-3H3. The summed E-state index contributed by atoms with van der Waals surface area (Å²) >= 11 is 0.